The van der Waals surface area contributed by atoms with E-state index >= 15 is 0 Å². The number of nitrogens with one attached hydrogen (secondary N) is 3. The number of nitrogens with zero attached hydrogens (tertiary/aromatic N) is 1. The lowest BCUT2D eigenvalue weighted by Gasteiger charge is -2.36. The molecule has 1 aromatic heterocycles. The van der Waals surface area contributed by atoms with E-state index < -0.39 is 73.6 Å². The molecular formula is C37H48N4O8S2. The van der Waals surface area contributed by atoms with Gasteiger partial charge in [-0.05, 0) is 83.9 Å². The quantitative estimate of drug-likeness (QED) is 0.266. The molecule has 2 heterocycles. The molecule has 1 aliphatic heterocycles. The van der Waals surface area contributed by atoms with E-state index in [1.54, 1.807) is 11.3 Å². The van der Waals surface area contributed by atoms with Gasteiger partial charge < -0.3 is 25.0 Å². The first-order chi connectivity index (χ1) is 24.1. The number of sulfonamides is 1. The molecule has 6 rings (SSSR count). The molecule has 4 fully saturated rings. The van der Waals surface area contributed by atoms with Crippen LogP contribution in [0, 0.1) is 11.3 Å². The van der Waals surface area contributed by atoms with Crippen LogP contribution in [0.3, 0.4) is 0 Å². The predicted molar refractivity (Wildman–Crippen MR) is 193 cm³/mol. The second kappa shape index (κ2) is 14.0. The summed E-state index contributed by atoms with van der Waals surface area (Å²) in [6.07, 6.45) is 5.21. The fourth-order valence-corrected chi connectivity index (χ4v) is 9.38. The minimum atomic E-state index is -3.89. The standard InChI is InChI=1S/C37H48N4O8S2/c1-6-25-19-37(25,33(44)40-51(46,47)28-15-16-28)39-31(42)29-20-36(48-5,26-13-11-23(12-14-26)24-17-18-50-21-24)22-41(29)32(43)30(35(2,3)4)38-34(45)49-27-9-7-8-10-27/h6,11-14,17-18,21,25,27-30H,1,7-10,15-16,19-20,22H2,2-5H3,(H,38,45)(H,39,42)(H,40,44)/t25-,29+,30-,36+,37-/m1/s1. The van der Waals surface area contributed by atoms with E-state index in [2.05, 4.69) is 21.9 Å². The molecule has 0 radical (unpaired) electrons. The van der Waals surface area contributed by atoms with Crippen molar-refractivity contribution in [3.8, 4) is 11.1 Å². The molecular weight excluding hydrogens is 693 g/mol. The Bertz CT molecular complexity index is 1760. The van der Waals surface area contributed by atoms with Crippen LogP contribution in [-0.2, 0) is 39.5 Å². The number of likely N-dealkylation sites (tertiary alicyclic amines) is 1. The Morgan fingerprint density at radius 1 is 1.02 bits per heavy atom. The van der Waals surface area contributed by atoms with Crippen LogP contribution in [0.15, 0.2) is 53.7 Å². The van der Waals surface area contributed by atoms with Crippen LogP contribution < -0.4 is 15.4 Å². The highest BCUT2D eigenvalue weighted by molar-refractivity contribution is 7.91. The maximum atomic E-state index is 14.7. The third kappa shape index (κ3) is 7.59. The number of hydrogen-bond donors (Lipinski definition) is 3. The van der Waals surface area contributed by atoms with Crippen molar-refractivity contribution < 1.29 is 37.1 Å². The molecule has 4 amide bonds. The lowest BCUT2D eigenvalue weighted by Crippen LogP contribution is -2.60. The molecule has 3 aliphatic carbocycles. The van der Waals surface area contributed by atoms with Crippen molar-refractivity contribution in [2.45, 2.75) is 107 Å². The first kappa shape index (κ1) is 37.0. The molecule has 51 heavy (non-hydrogen) atoms. The Morgan fingerprint density at radius 2 is 1.71 bits per heavy atom. The lowest BCUT2D eigenvalue weighted by molar-refractivity contribution is -0.143. The lowest BCUT2D eigenvalue weighted by atomic mass is 9.85. The number of rotatable bonds is 12. The van der Waals surface area contributed by atoms with Gasteiger partial charge in [0.25, 0.3) is 5.91 Å². The van der Waals surface area contributed by atoms with Crippen molar-refractivity contribution in [2.75, 3.05) is 13.7 Å². The molecule has 276 valence electrons. The third-order valence-electron chi connectivity index (χ3n) is 10.8. The highest BCUT2D eigenvalue weighted by atomic mass is 32.2. The first-order valence-electron chi connectivity index (χ1n) is 17.6. The zero-order chi connectivity index (χ0) is 36.8. The molecule has 0 bridgehead atoms. The first-order valence-corrected chi connectivity index (χ1v) is 20.1. The summed E-state index contributed by atoms with van der Waals surface area (Å²) >= 11 is 1.59. The fourth-order valence-electron chi connectivity index (χ4n) is 7.35. The number of thiophene rings is 1. The Hall–Kier alpha value is -3.75. The maximum absolute atomic E-state index is 14.7. The number of carbonyl (C=O) groups excluding carboxylic acids is 4. The number of benzene rings is 1. The minimum absolute atomic E-state index is 0.0235. The number of hydrogen-bond acceptors (Lipinski definition) is 9. The highest BCUT2D eigenvalue weighted by Crippen LogP contribution is 2.47. The molecule has 3 saturated carbocycles. The van der Waals surface area contributed by atoms with E-state index in [9.17, 15) is 27.6 Å². The van der Waals surface area contributed by atoms with Crippen molar-refractivity contribution in [3.05, 3.63) is 59.3 Å². The van der Waals surface area contributed by atoms with E-state index in [1.807, 2.05) is 61.9 Å². The van der Waals surface area contributed by atoms with Crippen molar-refractivity contribution >= 4 is 45.2 Å². The normalized spacial score (nSPS) is 27.0. The monoisotopic (exact) mass is 740 g/mol. The molecule has 14 heteroatoms. The molecule has 0 unspecified atom stereocenters. The van der Waals surface area contributed by atoms with Gasteiger partial charge >= 0.3 is 6.09 Å². The van der Waals surface area contributed by atoms with Gasteiger partial charge in [0.1, 0.15) is 29.3 Å². The van der Waals surface area contributed by atoms with Crippen LogP contribution in [0.25, 0.3) is 11.1 Å². The molecule has 1 aromatic carbocycles. The number of alkyl carbamates (subject to hydrolysis) is 1. The highest BCUT2D eigenvalue weighted by Gasteiger charge is 2.62. The summed E-state index contributed by atoms with van der Waals surface area (Å²) in [7, 11) is -2.36. The third-order valence-corrected chi connectivity index (χ3v) is 13.3. The van der Waals surface area contributed by atoms with Crippen LogP contribution in [0.1, 0.15) is 77.7 Å². The minimum Gasteiger partial charge on any atom is -0.446 e. The SMILES string of the molecule is C=C[C@@H]1C[C@]1(NC(=O)[C@@H]1C[C@@](OC)(c2ccc(-c3ccsc3)cc2)CN1C(=O)[C@@H](NC(=O)OC1CCCC1)C(C)(C)C)C(=O)NS(=O)(=O)C1CC1. The van der Waals surface area contributed by atoms with Crippen LogP contribution in [0.5, 0.6) is 0 Å². The zero-order valence-electron chi connectivity index (χ0n) is 29.6. The molecule has 3 N–H and O–H groups in total. The second-order valence-corrected chi connectivity index (χ2v) is 18.2. The molecule has 5 atom stereocenters. The summed E-state index contributed by atoms with van der Waals surface area (Å²) in [5, 5.41) is 9.05. The van der Waals surface area contributed by atoms with Gasteiger partial charge in [0, 0.05) is 19.4 Å². The van der Waals surface area contributed by atoms with E-state index in [-0.39, 0.29) is 25.5 Å². The van der Waals surface area contributed by atoms with Gasteiger partial charge in [-0.15, -0.1) is 6.58 Å². The fraction of sp³-hybridized carbons (Fsp3) is 0.568. The number of carbonyl (C=O) groups is 4. The maximum Gasteiger partial charge on any atom is 0.408 e. The van der Waals surface area contributed by atoms with Crippen molar-refractivity contribution in [1.82, 2.24) is 20.3 Å². The van der Waals surface area contributed by atoms with E-state index in [0.717, 1.165) is 42.4 Å². The average molecular weight is 741 g/mol. The molecule has 4 aliphatic rings. The summed E-state index contributed by atoms with van der Waals surface area (Å²) in [5.41, 5.74) is -0.628. The Balaban J connectivity index is 1.31. The summed E-state index contributed by atoms with van der Waals surface area (Å²) in [5.74, 6) is -2.48. The van der Waals surface area contributed by atoms with Gasteiger partial charge in [-0.2, -0.15) is 11.3 Å². The summed E-state index contributed by atoms with van der Waals surface area (Å²) in [6.45, 7) is 9.23. The number of methoxy groups -OCH3 is 1. The van der Waals surface area contributed by atoms with Crippen LogP contribution in [-0.4, -0.2) is 79.8 Å². The molecule has 2 aromatic rings. The number of ether oxygens (including phenoxy) is 2. The largest absolute Gasteiger partial charge is 0.446 e. The molecule has 1 saturated heterocycles. The van der Waals surface area contributed by atoms with Crippen molar-refractivity contribution in [2.24, 2.45) is 11.3 Å². The van der Waals surface area contributed by atoms with Crippen LogP contribution in [0.2, 0.25) is 0 Å². The number of amides is 4. The van der Waals surface area contributed by atoms with E-state index in [1.165, 1.54) is 18.1 Å². The van der Waals surface area contributed by atoms with Gasteiger partial charge in [-0.25, -0.2) is 13.2 Å². The van der Waals surface area contributed by atoms with Crippen LogP contribution >= 0.6 is 11.3 Å². The van der Waals surface area contributed by atoms with Gasteiger partial charge in [-0.1, -0.05) is 51.1 Å². The van der Waals surface area contributed by atoms with Gasteiger partial charge in [0.15, 0.2) is 0 Å². The van der Waals surface area contributed by atoms with Gasteiger partial charge in [0.05, 0.1) is 11.8 Å². The Labute approximate surface area is 303 Å². The van der Waals surface area contributed by atoms with Crippen molar-refractivity contribution in [3.63, 3.8) is 0 Å². The van der Waals surface area contributed by atoms with Gasteiger partial charge in [-0.3, -0.25) is 19.1 Å². The average Bonchev–Trinajstić information content (AvgIpc) is 3.84. The zero-order valence-corrected chi connectivity index (χ0v) is 31.2. The predicted octanol–water partition coefficient (Wildman–Crippen LogP) is 4.61. The van der Waals surface area contributed by atoms with Crippen molar-refractivity contribution in [1.29, 1.82) is 0 Å². The topological polar surface area (TPSA) is 160 Å². The van der Waals surface area contributed by atoms with E-state index in [0.29, 0.717) is 12.8 Å². The Morgan fingerprint density at radius 3 is 2.25 bits per heavy atom. The van der Waals surface area contributed by atoms with Crippen LogP contribution in [0.4, 0.5) is 4.79 Å². The van der Waals surface area contributed by atoms with E-state index in [4.69, 9.17) is 9.47 Å². The summed E-state index contributed by atoms with van der Waals surface area (Å²) in [4.78, 5) is 57.2. The Kier molecular flexibility index (Phi) is 10.2. The smallest absolute Gasteiger partial charge is 0.408 e. The summed E-state index contributed by atoms with van der Waals surface area (Å²) in [6, 6.07) is 7.59. The molecule has 0 spiro atoms. The molecule has 12 nitrogen and oxygen atoms in total. The summed E-state index contributed by atoms with van der Waals surface area (Å²) < 4.78 is 39.5. The second-order valence-electron chi connectivity index (χ2n) is 15.4. The van der Waals surface area contributed by atoms with Gasteiger partial charge in [0.2, 0.25) is 21.8 Å².